The number of rotatable bonds is 7. The summed E-state index contributed by atoms with van der Waals surface area (Å²) in [5, 5.41) is 6.00. The molecule has 0 saturated carbocycles. The van der Waals surface area contributed by atoms with Crippen LogP contribution in [-0.4, -0.2) is 33.2 Å². The van der Waals surface area contributed by atoms with Gasteiger partial charge in [-0.25, -0.2) is 8.42 Å². The smallest absolute Gasteiger partial charge is 0.232 e. The van der Waals surface area contributed by atoms with Gasteiger partial charge >= 0.3 is 0 Å². The lowest BCUT2D eigenvalue weighted by atomic mass is 9.88. The number of nitrogens with one attached hydrogen (secondary N) is 3. The molecule has 0 radical (unpaired) electrons. The van der Waals surface area contributed by atoms with Crippen LogP contribution in [0.25, 0.3) is 0 Å². The molecule has 1 fully saturated rings. The van der Waals surface area contributed by atoms with E-state index in [0.717, 1.165) is 13.1 Å². The molecule has 1 unspecified atom stereocenters. The zero-order valence-corrected chi connectivity index (χ0v) is 15.0. The molecule has 0 aliphatic carbocycles. The second kappa shape index (κ2) is 8.52. The molecule has 0 aromatic heterocycles. The zero-order chi connectivity index (χ0) is 16.2. The molecule has 3 N–H and O–H groups in total. The van der Waals surface area contributed by atoms with E-state index in [4.69, 9.17) is 0 Å². The maximum atomic E-state index is 12.2. The highest BCUT2D eigenvalue weighted by Gasteiger charge is 2.28. The van der Waals surface area contributed by atoms with Crippen LogP contribution in [0.2, 0.25) is 0 Å². The largest absolute Gasteiger partial charge is 0.326 e. The molecular weight excluding hydrogens is 338 g/mol. The minimum absolute atomic E-state index is 0. The van der Waals surface area contributed by atoms with Crippen molar-refractivity contribution in [2.75, 3.05) is 28.9 Å². The Morgan fingerprint density at radius 2 is 2.00 bits per heavy atom. The summed E-state index contributed by atoms with van der Waals surface area (Å²) in [5.41, 5.74) is 1.06. The fourth-order valence-electron chi connectivity index (χ4n) is 2.29. The Kier molecular flexibility index (Phi) is 7.31. The molecule has 1 aromatic carbocycles. The first kappa shape index (κ1) is 19.7. The number of sulfonamides is 1. The van der Waals surface area contributed by atoms with Crippen molar-refractivity contribution in [1.29, 1.82) is 0 Å². The normalized spacial score (nSPS) is 15.9. The van der Waals surface area contributed by atoms with Crippen LogP contribution in [-0.2, 0) is 14.8 Å². The van der Waals surface area contributed by atoms with Gasteiger partial charge in [-0.3, -0.25) is 9.52 Å². The van der Waals surface area contributed by atoms with Gasteiger partial charge in [-0.05, 0) is 43.6 Å². The first-order valence-electron chi connectivity index (χ1n) is 7.53. The van der Waals surface area contributed by atoms with Crippen LogP contribution in [0.3, 0.4) is 0 Å². The van der Waals surface area contributed by atoms with E-state index in [-0.39, 0.29) is 30.0 Å². The Morgan fingerprint density at radius 1 is 1.35 bits per heavy atom. The molecule has 1 saturated heterocycles. The van der Waals surface area contributed by atoms with Crippen molar-refractivity contribution in [3.63, 3.8) is 0 Å². The lowest BCUT2D eigenvalue weighted by Gasteiger charge is -2.31. The molecule has 23 heavy (non-hydrogen) atoms. The van der Waals surface area contributed by atoms with E-state index in [0.29, 0.717) is 23.7 Å². The zero-order valence-electron chi connectivity index (χ0n) is 13.3. The average Bonchev–Trinajstić information content (AvgIpc) is 2.36. The lowest BCUT2D eigenvalue weighted by molar-refractivity contribution is -0.121. The van der Waals surface area contributed by atoms with Crippen LogP contribution >= 0.6 is 12.4 Å². The summed E-state index contributed by atoms with van der Waals surface area (Å²) in [6, 6.07) is 6.77. The van der Waals surface area contributed by atoms with E-state index in [9.17, 15) is 13.2 Å². The number of hydrogen-bond acceptors (Lipinski definition) is 4. The van der Waals surface area contributed by atoms with Crippen molar-refractivity contribution in [3.05, 3.63) is 24.3 Å². The van der Waals surface area contributed by atoms with Gasteiger partial charge in [-0.1, -0.05) is 19.9 Å². The van der Waals surface area contributed by atoms with Gasteiger partial charge in [0, 0.05) is 11.6 Å². The number of hydrogen-bond donors (Lipinski definition) is 3. The Hall–Kier alpha value is -1.31. The third-order valence-electron chi connectivity index (χ3n) is 3.81. The second-order valence-electron chi connectivity index (χ2n) is 5.70. The van der Waals surface area contributed by atoms with Gasteiger partial charge in [0.2, 0.25) is 15.9 Å². The molecule has 130 valence electrons. The van der Waals surface area contributed by atoms with Crippen LogP contribution in [0.1, 0.15) is 20.3 Å². The van der Waals surface area contributed by atoms with Gasteiger partial charge in [-0.2, -0.15) is 0 Å². The summed E-state index contributed by atoms with van der Waals surface area (Å²) in [7, 11) is -3.33. The SMILES string of the molecule is CCCS(=O)(=O)Nc1cccc(NC(=O)C(C)C2CNC2)c1.Cl. The molecular formula is C15H24ClN3O3S. The highest BCUT2D eigenvalue weighted by molar-refractivity contribution is 7.92. The van der Waals surface area contributed by atoms with Crippen molar-refractivity contribution in [3.8, 4) is 0 Å². The number of amides is 1. The summed E-state index contributed by atoms with van der Waals surface area (Å²) >= 11 is 0. The van der Waals surface area contributed by atoms with E-state index in [1.54, 1.807) is 24.3 Å². The van der Waals surface area contributed by atoms with Crippen LogP contribution < -0.4 is 15.4 Å². The molecule has 6 nitrogen and oxygen atoms in total. The molecule has 1 aromatic rings. The summed E-state index contributed by atoms with van der Waals surface area (Å²) in [6.07, 6.45) is 0.554. The summed E-state index contributed by atoms with van der Waals surface area (Å²) < 4.78 is 26.1. The van der Waals surface area contributed by atoms with Crippen LogP contribution in [0, 0.1) is 11.8 Å². The molecule has 0 bridgehead atoms. The van der Waals surface area contributed by atoms with Gasteiger partial charge in [0.15, 0.2) is 0 Å². The predicted molar refractivity (Wildman–Crippen MR) is 95.5 cm³/mol. The van der Waals surface area contributed by atoms with Gasteiger partial charge in [0.05, 0.1) is 11.4 Å². The standard InChI is InChI=1S/C15H23N3O3S.ClH/c1-3-7-22(20,21)18-14-6-4-5-13(8-14)17-15(19)11(2)12-9-16-10-12;/h4-6,8,11-12,16,18H,3,7,9-10H2,1-2H3,(H,17,19);1H. The maximum absolute atomic E-state index is 12.2. The van der Waals surface area contributed by atoms with E-state index in [1.807, 2.05) is 13.8 Å². The minimum Gasteiger partial charge on any atom is -0.326 e. The lowest BCUT2D eigenvalue weighted by Crippen LogP contribution is -2.48. The predicted octanol–water partition coefficient (Wildman–Crippen LogP) is 2.05. The Balaban J connectivity index is 0.00000264. The van der Waals surface area contributed by atoms with Crippen molar-refractivity contribution in [2.45, 2.75) is 20.3 Å². The topological polar surface area (TPSA) is 87.3 Å². The number of halogens is 1. The fourth-order valence-corrected chi connectivity index (χ4v) is 3.42. The first-order chi connectivity index (χ1) is 10.4. The number of anilines is 2. The molecule has 1 amide bonds. The molecule has 0 spiro atoms. The van der Waals surface area contributed by atoms with Crippen LogP contribution in [0.15, 0.2) is 24.3 Å². The molecule has 1 aliphatic heterocycles. The Morgan fingerprint density at radius 3 is 2.57 bits per heavy atom. The monoisotopic (exact) mass is 361 g/mol. The van der Waals surface area contributed by atoms with Crippen molar-refractivity contribution < 1.29 is 13.2 Å². The highest BCUT2D eigenvalue weighted by atomic mass is 35.5. The van der Waals surface area contributed by atoms with Crippen molar-refractivity contribution in [1.82, 2.24) is 5.32 Å². The Bertz CT molecular complexity index is 633. The average molecular weight is 362 g/mol. The molecule has 1 aliphatic rings. The summed E-state index contributed by atoms with van der Waals surface area (Å²) in [4.78, 5) is 12.2. The van der Waals surface area contributed by atoms with E-state index < -0.39 is 10.0 Å². The van der Waals surface area contributed by atoms with E-state index in [2.05, 4.69) is 15.4 Å². The highest BCUT2D eigenvalue weighted by Crippen LogP contribution is 2.20. The third-order valence-corrected chi connectivity index (χ3v) is 5.30. The molecule has 1 atom stereocenters. The number of carbonyl (C=O) groups is 1. The maximum Gasteiger partial charge on any atom is 0.232 e. The van der Waals surface area contributed by atoms with E-state index >= 15 is 0 Å². The summed E-state index contributed by atoms with van der Waals surface area (Å²) in [5.74, 6) is 0.336. The van der Waals surface area contributed by atoms with Crippen molar-refractivity contribution >= 4 is 39.7 Å². The van der Waals surface area contributed by atoms with Crippen molar-refractivity contribution in [2.24, 2.45) is 11.8 Å². The quantitative estimate of drug-likeness (QED) is 0.693. The van der Waals surface area contributed by atoms with Gasteiger partial charge in [0.25, 0.3) is 0 Å². The molecule has 8 heteroatoms. The summed E-state index contributed by atoms with van der Waals surface area (Å²) in [6.45, 7) is 5.46. The minimum atomic E-state index is -3.33. The third kappa shape index (κ3) is 5.67. The fraction of sp³-hybridized carbons (Fsp3) is 0.533. The van der Waals surface area contributed by atoms with Gasteiger partial charge < -0.3 is 10.6 Å². The first-order valence-corrected chi connectivity index (χ1v) is 9.18. The molecule has 1 heterocycles. The Labute approximate surface area is 143 Å². The second-order valence-corrected chi connectivity index (χ2v) is 7.54. The van der Waals surface area contributed by atoms with Crippen LogP contribution in [0.5, 0.6) is 0 Å². The van der Waals surface area contributed by atoms with E-state index in [1.165, 1.54) is 0 Å². The van der Waals surface area contributed by atoms with Crippen LogP contribution in [0.4, 0.5) is 11.4 Å². The molecule has 2 rings (SSSR count). The number of benzene rings is 1. The van der Waals surface area contributed by atoms with Gasteiger partial charge in [0.1, 0.15) is 0 Å². The number of carbonyl (C=O) groups excluding carboxylic acids is 1. The van der Waals surface area contributed by atoms with Gasteiger partial charge in [-0.15, -0.1) is 12.4 Å².